The number of amides is 1. The van der Waals surface area contributed by atoms with Crippen LogP contribution in [0.1, 0.15) is 43.0 Å². The Balaban J connectivity index is 2.07. The van der Waals surface area contributed by atoms with E-state index in [1.807, 2.05) is 25.1 Å². The molecule has 19 heavy (non-hydrogen) atoms. The van der Waals surface area contributed by atoms with Crippen LogP contribution in [0.5, 0.6) is 5.75 Å². The Kier molecular flexibility index (Phi) is 4.40. The topological polar surface area (TPSA) is 62.1 Å². The molecule has 1 fully saturated rings. The molecule has 2 rings (SSSR count). The number of nitrogens with one attached hydrogen (secondary N) is 1. The average molecular weight is 258 g/mol. The van der Waals surface area contributed by atoms with E-state index in [0.717, 1.165) is 19.3 Å². The minimum atomic E-state index is -0.168. The average Bonchev–Trinajstić information content (AvgIpc) is 3.22. The molecule has 0 aliphatic heterocycles. The van der Waals surface area contributed by atoms with Crippen LogP contribution in [0.4, 0.5) is 0 Å². The fourth-order valence-electron chi connectivity index (χ4n) is 1.79. The molecule has 0 aromatic heterocycles. The quantitative estimate of drug-likeness (QED) is 0.853. The van der Waals surface area contributed by atoms with Crippen molar-refractivity contribution in [2.45, 2.75) is 44.8 Å². The third kappa shape index (κ3) is 3.72. The number of hydrogen-bond acceptors (Lipinski definition) is 3. The van der Waals surface area contributed by atoms with Gasteiger partial charge in [-0.3, -0.25) is 4.79 Å². The van der Waals surface area contributed by atoms with Crippen molar-refractivity contribution < 1.29 is 9.53 Å². The SMILES string of the molecule is CC[C@H](CC#N)NC(=O)c1ccccc1OC1CC1. The van der Waals surface area contributed by atoms with Crippen molar-refractivity contribution in [1.29, 1.82) is 5.26 Å². The summed E-state index contributed by atoms with van der Waals surface area (Å²) in [7, 11) is 0. The molecule has 0 radical (unpaired) electrons. The lowest BCUT2D eigenvalue weighted by Crippen LogP contribution is -2.34. The summed E-state index contributed by atoms with van der Waals surface area (Å²) in [5.74, 6) is 0.465. The lowest BCUT2D eigenvalue weighted by atomic mass is 10.1. The fourth-order valence-corrected chi connectivity index (χ4v) is 1.79. The molecule has 0 spiro atoms. The second-order valence-corrected chi connectivity index (χ2v) is 4.75. The first-order chi connectivity index (χ1) is 9.24. The molecule has 4 nitrogen and oxygen atoms in total. The standard InChI is InChI=1S/C15H18N2O2/c1-2-11(9-10-16)17-15(18)13-5-3-4-6-14(13)19-12-7-8-12/h3-6,11-12H,2,7-9H2,1H3,(H,17,18)/t11-/m1/s1. The van der Waals surface area contributed by atoms with Gasteiger partial charge in [0, 0.05) is 6.04 Å². The van der Waals surface area contributed by atoms with E-state index < -0.39 is 0 Å². The maximum atomic E-state index is 12.2. The summed E-state index contributed by atoms with van der Waals surface area (Å²) in [6.07, 6.45) is 3.44. The van der Waals surface area contributed by atoms with Gasteiger partial charge >= 0.3 is 0 Å². The Morgan fingerprint density at radius 2 is 2.26 bits per heavy atom. The third-order valence-corrected chi connectivity index (χ3v) is 3.12. The number of rotatable bonds is 6. The van der Waals surface area contributed by atoms with E-state index in [1.165, 1.54) is 0 Å². The summed E-state index contributed by atoms with van der Waals surface area (Å²) < 4.78 is 5.73. The number of para-hydroxylation sites is 1. The van der Waals surface area contributed by atoms with Crippen molar-refractivity contribution in [2.24, 2.45) is 0 Å². The maximum Gasteiger partial charge on any atom is 0.255 e. The largest absolute Gasteiger partial charge is 0.490 e. The Morgan fingerprint density at radius 3 is 2.89 bits per heavy atom. The Morgan fingerprint density at radius 1 is 1.53 bits per heavy atom. The van der Waals surface area contributed by atoms with E-state index >= 15 is 0 Å². The van der Waals surface area contributed by atoms with E-state index in [9.17, 15) is 4.79 Å². The summed E-state index contributed by atoms with van der Waals surface area (Å²) in [4.78, 5) is 12.2. The second kappa shape index (κ2) is 6.24. The summed E-state index contributed by atoms with van der Waals surface area (Å²) >= 11 is 0. The van der Waals surface area contributed by atoms with Crippen molar-refractivity contribution in [3.63, 3.8) is 0 Å². The fraction of sp³-hybridized carbons (Fsp3) is 0.467. The molecule has 1 amide bonds. The zero-order chi connectivity index (χ0) is 13.7. The summed E-state index contributed by atoms with van der Waals surface area (Å²) in [5, 5.41) is 11.6. The van der Waals surface area contributed by atoms with Gasteiger partial charge in [-0.2, -0.15) is 5.26 Å². The third-order valence-electron chi connectivity index (χ3n) is 3.12. The van der Waals surface area contributed by atoms with Gasteiger partial charge < -0.3 is 10.1 Å². The number of nitrogens with zero attached hydrogens (tertiary/aromatic N) is 1. The summed E-state index contributed by atoms with van der Waals surface area (Å²) in [6, 6.07) is 9.24. The molecule has 1 N–H and O–H groups in total. The van der Waals surface area contributed by atoms with Gasteiger partial charge in [0.25, 0.3) is 5.91 Å². The predicted molar refractivity (Wildman–Crippen MR) is 71.9 cm³/mol. The van der Waals surface area contributed by atoms with E-state index in [0.29, 0.717) is 17.7 Å². The highest BCUT2D eigenvalue weighted by Crippen LogP contribution is 2.29. The number of hydrogen-bond donors (Lipinski definition) is 1. The molecular formula is C15H18N2O2. The number of benzene rings is 1. The lowest BCUT2D eigenvalue weighted by molar-refractivity contribution is 0.0932. The van der Waals surface area contributed by atoms with Gasteiger partial charge in [-0.15, -0.1) is 0 Å². The lowest BCUT2D eigenvalue weighted by Gasteiger charge is -2.15. The first-order valence-corrected chi connectivity index (χ1v) is 6.68. The van der Waals surface area contributed by atoms with Crippen LogP contribution < -0.4 is 10.1 Å². The number of carbonyl (C=O) groups is 1. The predicted octanol–water partition coefficient (Wildman–Crippen LogP) is 2.65. The van der Waals surface area contributed by atoms with E-state index in [4.69, 9.17) is 10.00 Å². The van der Waals surface area contributed by atoms with Gasteiger partial charge in [0.05, 0.1) is 24.2 Å². The summed E-state index contributed by atoms with van der Waals surface area (Å²) in [6.45, 7) is 1.95. The Labute approximate surface area is 113 Å². The normalized spacial score (nSPS) is 15.4. The molecular weight excluding hydrogens is 240 g/mol. The molecule has 1 aliphatic rings. The Bertz CT molecular complexity index is 489. The maximum absolute atomic E-state index is 12.2. The monoisotopic (exact) mass is 258 g/mol. The van der Waals surface area contributed by atoms with Crippen LogP contribution in [-0.4, -0.2) is 18.1 Å². The van der Waals surface area contributed by atoms with Crippen molar-refractivity contribution >= 4 is 5.91 Å². The molecule has 0 unspecified atom stereocenters. The minimum absolute atomic E-state index is 0.105. The smallest absolute Gasteiger partial charge is 0.255 e. The molecule has 1 saturated carbocycles. The molecule has 1 atom stereocenters. The van der Waals surface area contributed by atoms with Crippen LogP contribution in [0.25, 0.3) is 0 Å². The molecule has 1 aliphatic carbocycles. The molecule has 100 valence electrons. The first kappa shape index (κ1) is 13.4. The van der Waals surface area contributed by atoms with E-state index in [2.05, 4.69) is 11.4 Å². The van der Waals surface area contributed by atoms with Crippen LogP contribution >= 0.6 is 0 Å². The first-order valence-electron chi connectivity index (χ1n) is 6.68. The van der Waals surface area contributed by atoms with Crippen LogP contribution in [0.15, 0.2) is 24.3 Å². The van der Waals surface area contributed by atoms with Crippen LogP contribution in [0, 0.1) is 11.3 Å². The highest BCUT2D eigenvalue weighted by atomic mass is 16.5. The van der Waals surface area contributed by atoms with Crippen molar-refractivity contribution in [3.8, 4) is 11.8 Å². The minimum Gasteiger partial charge on any atom is -0.490 e. The van der Waals surface area contributed by atoms with Crippen molar-refractivity contribution in [2.75, 3.05) is 0 Å². The van der Waals surface area contributed by atoms with Gasteiger partial charge in [0.2, 0.25) is 0 Å². The highest BCUT2D eigenvalue weighted by molar-refractivity contribution is 5.97. The van der Waals surface area contributed by atoms with Crippen molar-refractivity contribution in [1.82, 2.24) is 5.32 Å². The van der Waals surface area contributed by atoms with Gasteiger partial charge in [-0.1, -0.05) is 19.1 Å². The molecule has 0 bridgehead atoms. The van der Waals surface area contributed by atoms with Gasteiger partial charge in [0.15, 0.2) is 0 Å². The zero-order valence-corrected chi connectivity index (χ0v) is 11.1. The number of carbonyl (C=O) groups excluding carboxylic acids is 1. The van der Waals surface area contributed by atoms with Crippen molar-refractivity contribution in [3.05, 3.63) is 29.8 Å². The van der Waals surface area contributed by atoms with Gasteiger partial charge in [-0.25, -0.2) is 0 Å². The molecule has 0 heterocycles. The molecule has 4 heteroatoms. The van der Waals surface area contributed by atoms with E-state index in [1.54, 1.807) is 6.07 Å². The van der Waals surface area contributed by atoms with E-state index in [-0.39, 0.29) is 18.1 Å². The highest BCUT2D eigenvalue weighted by Gasteiger charge is 2.25. The Hall–Kier alpha value is -2.02. The number of ether oxygens (including phenoxy) is 1. The molecule has 1 aromatic carbocycles. The van der Waals surface area contributed by atoms with Crippen LogP contribution in [-0.2, 0) is 0 Å². The molecule has 0 saturated heterocycles. The van der Waals surface area contributed by atoms with Crippen LogP contribution in [0.3, 0.4) is 0 Å². The summed E-state index contributed by atoms with van der Waals surface area (Å²) in [5.41, 5.74) is 0.547. The van der Waals surface area contributed by atoms with Crippen LogP contribution in [0.2, 0.25) is 0 Å². The van der Waals surface area contributed by atoms with Gasteiger partial charge in [-0.05, 0) is 31.4 Å². The molecule has 1 aromatic rings. The second-order valence-electron chi connectivity index (χ2n) is 4.75. The number of nitriles is 1. The van der Waals surface area contributed by atoms with Gasteiger partial charge in [0.1, 0.15) is 5.75 Å². The zero-order valence-electron chi connectivity index (χ0n) is 11.1.